The van der Waals surface area contributed by atoms with Crippen molar-refractivity contribution in [2.24, 2.45) is 0 Å². The van der Waals surface area contributed by atoms with E-state index < -0.39 is 0 Å². The molecule has 1 amide bonds. The van der Waals surface area contributed by atoms with Gasteiger partial charge in [-0.25, -0.2) is 0 Å². The maximum absolute atomic E-state index is 11.8. The third-order valence-corrected chi connectivity index (χ3v) is 3.76. The number of hydrogen-bond donors (Lipinski definition) is 1. The Hall–Kier alpha value is -0.910. The molecule has 1 fully saturated rings. The van der Waals surface area contributed by atoms with Crippen molar-refractivity contribution < 1.29 is 14.3 Å². The van der Waals surface area contributed by atoms with E-state index in [-0.39, 0.29) is 12.0 Å². The second kappa shape index (κ2) is 7.76. The number of anilines is 1. The van der Waals surface area contributed by atoms with E-state index in [1.165, 1.54) is 0 Å². The van der Waals surface area contributed by atoms with E-state index in [2.05, 4.69) is 21.2 Å². The van der Waals surface area contributed by atoms with Crippen LogP contribution in [0.3, 0.4) is 0 Å². The Morgan fingerprint density at radius 3 is 3.10 bits per heavy atom. The molecule has 0 saturated carbocycles. The minimum atomic E-state index is -0.0252. The molecule has 1 N–H and O–H groups in total. The lowest BCUT2D eigenvalue weighted by atomic mass is 10.2. The number of ether oxygens (including phenoxy) is 2. The van der Waals surface area contributed by atoms with Gasteiger partial charge in [0, 0.05) is 16.8 Å². The molecule has 0 aliphatic carbocycles. The van der Waals surface area contributed by atoms with Gasteiger partial charge in [-0.15, -0.1) is 0 Å². The van der Waals surface area contributed by atoms with E-state index >= 15 is 0 Å². The fourth-order valence-electron chi connectivity index (χ4n) is 2.14. The summed E-state index contributed by atoms with van der Waals surface area (Å²) in [5, 5.41) is 2.89. The molecular weight excluding hydrogens is 322 g/mol. The zero-order valence-electron chi connectivity index (χ0n) is 11.7. The zero-order chi connectivity index (χ0) is 14.4. The fourth-order valence-corrected chi connectivity index (χ4v) is 2.61. The van der Waals surface area contributed by atoms with Crippen molar-refractivity contribution >= 4 is 27.5 Å². The van der Waals surface area contributed by atoms with E-state index in [9.17, 15) is 4.79 Å². The molecule has 0 unspecified atom stereocenters. The van der Waals surface area contributed by atoms with Gasteiger partial charge >= 0.3 is 0 Å². The molecule has 0 radical (unpaired) electrons. The summed E-state index contributed by atoms with van der Waals surface area (Å²) in [4.78, 5) is 11.8. The molecule has 1 aliphatic rings. The van der Waals surface area contributed by atoms with E-state index in [4.69, 9.17) is 9.47 Å². The van der Waals surface area contributed by atoms with Crippen molar-refractivity contribution in [3.05, 3.63) is 28.2 Å². The Morgan fingerprint density at radius 2 is 2.40 bits per heavy atom. The van der Waals surface area contributed by atoms with Gasteiger partial charge in [-0.1, -0.05) is 15.9 Å². The largest absolute Gasteiger partial charge is 0.378 e. The van der Waals surface area contributed by atoms with Crippen LogP contribution in [-0.2, 0) is 14.3 Å². The summed E-state index contributed by atoms with van der Waals surface area (Å²) in [5.41, 5.74) is 1.88. The first-order chi connectivity index (χ1) is 9.65. The van der Waals surface area contributed by atoms with Crippen LogP contribution in [0.5, 0.6) is 0 Å². The number of amides is 1. The first-order valence-electron chi connectivity index (χ1n) is 6.90. The Kier molecular flexibility index (Phi) is 6.01. The number of halogens is 1. The first-order valence-corrected chi connectivity index (χ1v) is 7.70. The highest BCUT2D eigenvalue weighted by molar-refractivity contribution is 9.10. The zero-order valence-corrected chi connectivity index (χ0v) is 13.2. The van der Waals surface area contributed by atoms with Crippen LogP contribution in [0.15, 0.2) is 22.7 Å². The van der Waals surface area contributed by atoms with Crippen LogP contribution in [0.2, 0.25) is 0 Å². The lowest BCUT2D eigenvalue weighted by Crippen LogP contribution is -2.18. The van der Waals surface area contributed by atoms with Crippen LogP contribution in [-0.4, -0.2) is 31.8 Å². The summed E-state index contributed by atoms with van der Waals surface area (Å²) in [6.45, 7) is 3.82. The second-order valence-electron chi connectivity index (χ2n) is 4.97. The number of hydrogen-bond acceptors (Lipinski definition) is 3. The molecule has 1 aliphatic heterocycles. The third kappa shape index (κ3) is 4.89. The van der Waals surface area contributed by atoms with Gasteiger partial charge in [0.15, 0.2) is 0 Å². The molecule has 20 heavy (non-hydrogen) atoms. The first kappa shape index (κ1) is 15.5. The van der Waals surface area contributed by atoms with Crippen LogP contribution >= 0.6 is 15.9 Å². The van der Waals surface area contributed by atoms with Crippen molar-refractivity contribution in [1.29, 1.82) is 0 Å². The Balaban J connectivity index is 1.67. The third-order valence-electron chi connectivity index (χ3n) is 3.26. The highest BCUT2D eigenvalue weighted by Gasteiger charge is 2.15. The van der Waals surface area contributed by atoms with Crippen molar-refractivity contribution in [3.8, 4) is 0 Å². The number of carbonyl (C=O) groups is 1. The van der Waals surface area contributed by atoms with Gasteiger partial charge in [0.25, 0.3) is 0 Å². The number of carbonyl (C=O) groups excluding carboxylic acids is 1. The van der Waals surface area contributed by atoms with Crippen LogP contribution in [0.1, 0.15) is 24.8 Å². The molecule has 1 atom stereocenters. The second-order valence-corrected chi connectivity index (χ2v) is 5.88. The van der Waals surface area contributed by atoms with Gasteiger partial charge in [0.1, 0.15) is 0 Å². The van der Waals surface area contributed by atoms with Crippen molar-refractivity contribution in [1.82, 2.24) is 0 Å². The molecule has 1 aromatic carbocycles. The van der Waals surface area contributed by atoms with Crippen LogP contribution < -0.4 is 5.32 Å². The van der Waals surface area contributed by atoms with Crippen LogP contribution in [0.4, 0.5) is 5.69 Å². The summed E-state index contributed by atoms with van der Waals surface area (Å²) in [6.07, 6.45) is 2.75. The van der Waals surface area contributed by atoms with Gasteiger partial charge in [-0.2, -0.15) is 0 Å². The van der Waals surface area contributed by atoms with Crippen molar-refractivity contribution in [2.45, 2.75) is 32.3 Å². The highest BCUT2D eigenvalue weighted by atomic mass is 79.9. The molecule has 1 heterocycles. The fraction of sp³-hybridized carbons (Fsp3) is 0.533. The van der Waals surface area contributed by atoms with E-state index in [1.54, 1.807) is 0 Å². The number of aryl methyl sites for hydroxylation is 1. The minimum absolute atomic E-state index is 0.0252. The summed E-state index contributed by atoms with van der Waals surface area (Å²) in [6, 6.07) is 5.78. The Morgan fingerprint density at radius 1 is 1.55 bits per heavy atom. The average molecular weight is 342 g/mol. The molecule has 110 valence electrons. The summed E-state index contributed by atoms with van der Waals surface area (Å²) < 4.78 is 11.9. The standard InChI is InChI=1S/C15H20BrNO3/c1-11-9-12(16)4-5-14(11)17-15(18)6-8-19-10-13-3-2-7-20-13/h4-5,9,13H,2-3,6-8,10H2,1H3,(H,17,18)/t13-/m0/s1. The van der Waals surface area contributed by atoms with Gasteiger partial charge in [-0.05, 0) is 43.5 Å². The summed E-state index contributed by atoms with van der Waals surface area (Å²) in [7, 11) is 0. The van der Waals surface area contributed by atoms with E-state index in [0.717, 1.165) is 35.2 Å². The maximum Gasteiger partial charge on any atom is 0.226 e. The van der Waals surface area contributed by atoms with Crippen LogP contribution in [0.25, 0.3) is 0 Å². The van der Waals surface area contributed by atoms with E-state index in [1.807, 2.05) is 25.1 Å². The summed E-state index contributed by atoms with van der Waals surface area (Å²) in [5.74, 6) is -0.0252. The molecule has 1 aromatic rings. The smallest absolute Gasteiger partial charge is 0.226 e. The van der Waals surface area contributed by atoms with Gasteiger partial charge in [0.2, 0.25) is 5.91 Å². The highest BCUT2D eigenvalue weighted by Crippen LogP contribution is 2.20. The predicted molar refractivity (Wildman–Crippen MR) is 81.9 cm³/mol. The topological polar surface area (TPSA) is 47.6 Å². The number of nitrogens with one attached hydrogen (secondary N) is 1. The quantitative estimate of drug-likeness (QED) is 0.807. The lowest BCUT2D eigenvalue weighted by Gasteiger charge is -2.11. The molecule has 0 aromatic heterocycles. The van der Waals surface area contributed by atoms with E-state index in [0.29, 0.717) is 19.6 Å². The molecular formula is C15H20BrNO3. The van der Waals surface area contributed by atoms with Crippen molar-refractivity contribution in [2.75, 3.05) is 25.1 Å². The molecule has 2 rings (SSSR count). The maximum atomic E-state index is 11.8. The van der Waals surface area contributed by atoms with Gasteiger partial charge < -0.3 is 14.8 Å². The Labute approximate surface area is 128 Å². The minimum Gasteiger partial charge on any atom is -0.378 e. The molecule has 4 nitrogen and oxygen atoms in total. The van der Waals surface area contributed by atoms with Gasteiger partial charge in [0.05, 0.1) is 25.7 Å². The Bertz CT molecular complexity index is 458. The van der Waals surface area contributed by atoms with Gasteiger partial charge in [-0.3, -0.25) is 4.79 Å². The average Bonchev–Trinajstić information content (AvgIpc) is 2.91. The predicted octanol–water partition coefficient (Wildman–Crippen LogP) is 3.28. The van der Waals surface area contributed by atoms with Crippen molar-refractivity contribution in [3.63, 3.8) is 0 Å². The molecule has 1 saturated heterocycles. The van der Waals surface area contributed by atoms with Crippen LogP contribution in [0, 0.1) is 6.92 Å². The lowest BCUT2D eigenvalue weighted by molar-refractivity contribution is -0.117. The number of rotatable bonds is 6. The SMILES string of the molecule is Cc1cc(Br)ccc1NC(=O)CCOC[C@@H]1CCCO1. The normalized spacial score (nSPS) is 18.2. The number of benzene rings is 1. The summed E-state index contributed by atoms with van der Waals surface area (Å²) >= 11 is 3.40. The molecule has 0 spiro atoms. The molecule has 5 heteroatoms. The molecule has 0 bridgehead atoms. The monoisotopic (exact) mass is 341 g/mol.